The molecule has 1 aliphatic carbocycles. The van der Waals surface area contributed by atoms with Crippen LogP contribution in [0, 0.1) is 10.1 Å². The van der Waals surface area contributed by atoms with Gasteiger partial charge in [-0.05, 0) is 43.9 Å². The van der Waals surface area contributed by atoms with Gasteiger partial charge in [-0.15, -0.1) is 0 Å². The molecule has 9 heteroatoms. The van der Waals surface area contributed by atoms with Crippen molar-refractivity contribution in [1.29, 1.82) is 0 Å². The Kier molecular flexibility index (Phi) is 5.55. The number of benzene rings is 1. The molecule has 1 fully saturated rings. The molecule has 1 N–H and O–H groups in total. The third-order valence-corrected chi connectivity index (χ3v) is 4.55. The van der Waals surface area contributed by atoms with Gasteiger partial charge in [0.2, 0.25) is 5.82 Å². The monoisotopic (exact) mass is 382 g/mol. The topological polar surface area (TPSA) is 90.2 Å². The maximum absolute atomic E-state index is 11.6. The molecule has 0 amide bonds. The van der Waals surface area contributed by atoms with E-state index in [0.717, 1.165) is 32.1 Å². The highest BCUT2D eigenvalue weighted by Gasteiger charge is 2.27. The van der Waals surface area contributed by atoms with Crippen LogP contribution in [0.2, 0.25) is 10.0 Å². The molecule has 2 aromatic rings. The standard InChI is InChI=1S/C16H16Cl2N4O3/c17-10-6-7-12(18)13(8-10)21-15-14(22(23)24)16(20-9-19-15)25-11-4-2-1-3-5-11/h6-9,11H,1-5H2,(H,19,20,21). The van der Waals surface area contributed by atoms with E-state index < -0.39 is 4.92 Å². The summed E-state index contributed by atoms with van der Waals surface area (Å²) in [5, 5.41) is 15.2. The number of ether oxygens (including phenoxy) is 1. The summed E-state index contributed by atoms with van der Waals surface area (Å²) < 4.78 is 5.79. The molecular weight excluding hydrogens is 367 g/mol. The molecule has 7 nitrogen and oxygen atoms in total. The molecule has 0 radical (unpaired) electrons. The van der Waals surface area contributed by atoms with Crippen LogP contribution in [-0.4, -0.2) is 21.0 Å². The van der Waals surface area contributed by atoms with Crippen molar-refractivity contribution in [2.45, 2.75) is 38.2 Å². The van der Waals surface area contributed by atoms with Gasteiger partial charge in [0.15, 0.2) is 0 Å². The zero-order valence-electron chi connectivity index (χ0n) is 13.2. The third-order valence-electron chi connectivity index (χ3n) is 3.98. The van der Waals surface area contributed by atoms with Crippen LogP contribution < -0.4 is 10.1 Å². The first-order valence-electron chi connectivity index (χ1n) is 7.92. The summed E-state index contributed by atoms with van der Waals surface area (Å²) in [6, 6.07) is 4.79. The maximum Gasteiger partial charge on any atom is 0.373 e. The van der Waals surface area contributed by atoms with Crippen LogP contribution in [0.1, 0.15) is 32.1 Å². The first-order chi connectivity index (χ1) is 12.0. The fourth-order valence-electron chi connectivity index (χ4n) is 2.77. The Balaban J connectivity index is 1.92. The van der Waals surface area contributed by atoms with Crippen molar-refractivity contribution in [3.05, 3.63) is 44.7 Å². The van der Waals surface area contributed by atoms with E-state index >= 15 is 0 Å². The molecule has 1 aromatic heterocycles. The number of hydrogen-bond acceptors (Lipinski definition) is 6. The summed E-state index contributed by atoms with van der Waals surface area (Å²) >= 11 is 12.1. The van der Waals surface area contributed by atoms with Gasteiger partial charge in [-0.25, -0.2) is 4.98 Å². The first kappa shape index (κ1) is 17.7. The number of rotatable bonds is 5. The summed E-state index contributed by atoms with van der Waals surface area (Å²) in [5.41, 5.74) is 0.101. The minimum atomic E-state index is -0.557. The Morgan fingerprint density at radius 1 is 1.20 bits per heavy atom. The summed E-state index contributed by atoms with van der Waals surface area (Å²) in [6.07, 6.45) is 6.15. The highest BCUT2D eigenvalue weighted by molar-refractivity contribution is 6.35. The van der Waals surface area contributed by atoms with Crippen LogP contribution in [0.25, 0.3) is 0 Å². The molecule has 1 aromatic carbocycles. The Labute approximate surface area is 154 Å². The van der Waals surface area contributed by atoms with E-state index in [1.807, 2.05) is 0 Å². The van der Waals surface area contributed by atoms with E-state index in [9.17, 15) is 10.1 Å². The Bertz CT molecular complexity index is 782. The summed E-state index contributed by atoms with van der Waals surface area (Å²) in [5.74, 6) is -0.0254. The number of nitrogens with one attached hydrogen (secondary N) is 1. The smallest absolute Gasteiger partial charge is 0.373 e. The summed E-state index contributed by atoms with van der Waals surface area (Å²) in [4.78, 5) is 19.0. The van der Waals surface area contributed by atoms with Gasteiger partial charge in [-0.3, -0.25) is 10.1 Å². The first-order valence-corrected chi connectivity index (χ1v) is 8.68. The van der Waals surface area contributed by atoms with Crippen molar-refractivity contribution in [3.63, 3.8) is 0 Å². The zero-order valence-corrected chi connectivity index (χ0v) is 14.8. The quantitative estimate of drug-likeness (QED) is 0.568. The molecule has 1 aliphatic rings. The van der Waals surface area contributed by atoms with E-state index in [4.69, 9.17) is 27.9 Å². The molecule has 0 saturated heterocycles. The van der Waals surface area contributed by atoms with Gasteiger partial charge in [-0.2, -0.15) is 4.98 Å². The number of halogens is 2. The molecule has 25 heavy (non-hydrogen) atoms. The second-order valence-electron chi connectivity index (χ2n) is 5.76. The molecule has 0 aliphatic heterocycles. The molecule has 0 bridgehead atoms. The van der Waals surface area contributed by atoms with Crippen molar-refractivity contribution in [2.75, 3.05) is 5.32 Å². The number of nitrogens with zero attached hydrogens (tertiary/aromatic N) is 3. The predicted octanol–water partition coefficient (Wildman–Crippen LogP) is 5.15. The Morgan fingerprint density at radius 3 is 2.68 bits per heavy atom. The van der Waals surface area contributed by atoms with Crippen molar-refractivity contribution in [1.82, 2.24) is 9.97 Å². The largest absolute Gasteiger partial charge is 0.469 e. The highest BCUT2D eigenvalue weighted by Crippen LogP contribution is 2.36. The molecule has 3 rings (SSSR count). The molecule has 0 atom stereocenters. The fourth-order valence-corrected chi connectivity index (χ4v) is 3.10. The molecular formula is C16H16Cl2N4O3. The average molecular weight is 383 g/mol. The van der Waals surface area contributed by atoms with E-state index in [0.29, 0.717) is 15.7 Å². The van der Waals surface area contributed by atoms with Crippen molar-refractivity contribution in [3.8, 4) is 5.88 Å². The van der Waals surface area contributed by atoms with Gasteiger partial charge in [-0.1, -0.05) is 29.6 Å². The maximum atomic E-state index is 11.6. The minimum Gasteiger partial charge on any atom is -0.469 e. The fraction of sp³-hybridized carbons (Fsp3) is 0.375. The lowest BCUT2D eigenvalue weighted by atomic mass is 9.98. The number of nitro groups is 1. The Hall–Kier alpha value is -2.12. The van der Waals surface area contributed by atoms with Gasteiger partial charge in [0.05, 0.1) is 15.6 Å². The van der Waals surface area contributed by atoms with Crippen LogP contribution >= 0.6 is 23.2 Å². The molecule has 1 saturated carbocycles. The second-order valence-corrected chi connectivity index (χ2v) is 6.60. The van der Waals surface area contributed by atoms with Gasteiger partial charge in [0.1, 0.15) is 12.4 Å². The normalized spacial score (nSPS) is 15.0. The van der Waals surface area contributed by atoms with Crippen molar-refractivity contribution < 1.29 is 9.66 Å². The van der Waals surface area contributed by atoms with Crippen LogP contribution in [0.5, 0.6) is 5.88 Å². The van der Waals surface area contributed by atoms with Gasteiger partial charge in [0, 0.05) is 5.02 Å². The predicted molar refractivity (Wildman–Crippen MR) is 95.9 cm³/mol. The minimum absolute atomic E-state index is 0.00924. The molecule has 0 unspecified atom stereocenters. The van der Waals surface area contributed by atoms with Gasteiger partial charge in [0.25, 0.3) is 5.88 Å². The summed E-state index contributed by atoms with van der Waals surface area (Å²) in [6.45, 7) is 0. The van der Waals surface area contributed by atoms with E-state index in [1.165, 1.54) is 6.33 Å². The number of anilines is 2. The van der Waals surface area contributed by atoms with Crippen LogP contribution in [0.15, 0.2) is 24.5 Å². The second kappa shape index (κ2) is 7.84. The van der Waals surface area contributed by atoms with Gasteiger partial charge < -0.3 is 10.1 Å². The lowest BCUT2D eigenvalue weighted by Gasteiger charge is -2.22. The highest BCUT2D eigenvalue weighted by atomic mass is 35.5. The third kappa shape index (κ3) is 4.29. The summed E-state index contributed by atoms with van der Waals surface area (Å²) in [7, 11) is 0. The number of hydrogen-bond donors (Lipinski definition) is 1. The van der Waals surface area contributed by atoms with Crippen molar-refractivity contribution in [2.24, 2.45) is 0 Å². The lowest BCUT2D eigenvalue weighted by Crippen LogP contribution is -2.21. The molecule has 132 valence electrons. The average Bonchev–Trinajstić information content (AvgIpc) is 2.59. The number of aromatic nitrogens is 2. The SMILES string of the molecule is O=[N+]([O-])c1c(Nc2cc(Cl)ccc2Cl)ncnc1OC1CCCCC1. The van der Waals surface area contributed by atoms with Crippen LogP contribution in [0.4, 0.5) is 17.2 Å². The van der Waals surface area contributed by atoms with Gasteiger partial charge >= 0.3 is 5.69 Å². The van der Waals surface area contributed by atoms with E-state index in [1.54, 1.807) is 18.2 Å². The van der Waals surface area contributed by atoms with Crippen molar-refractivity contribution >= 4 is 40.4 Å². The van der Waals surface area contributed by atoms with E-state index in [-0.39, 0.29) is 23.5 Å². The zero-order chi connectivity index (χ0) is 17.8. The van der Waals surface area contributed by atoms with Crippen LogP contribution in [0.3, 0.4) is 0 Å². The van der Waals surface area contributed by atoms with E-state index in [2.05, 4.69) is 15.3 Å². The lowest BCUT2D eigenvalue weighted by molar-refractivity contribution is -0.385. The molecule has 0 spiro atoms. The van der Waals surface area contributed by atoms with Crippen LogP contribution in [-0.2, 0) is 0 Å². The molecule has 1 heterocycles. The Morgan fingerprint density at radius 2 is 1.96 bits per heavy atom.